The van der Waals surface area contributed by atoms with Crippen molar-refractivity contribution >= 4 is 21.6 Å². The number of thiophene rings is 1. The van der Waals surface area contributed by atoms with Gasteiger partial charge in [0.05, 0.1) is 17.5 Å². The number of H-pyrrole nitrogens is 1. The van der Waals surface area contributed by atoms with Crippen molar-refractivity contribution in [2.75, 3.05) is 7.05 Å². The SMILES string of the molecule is CN(Cc1ccc(C(F)(F)F)cc1)Cc1nc2sc3c(c2c(=O)[nH]1)CCCC3. The Morgan fingerprint density at radius 1 is 1.14 bits per heavy atom. The van der Waals surface area contributed by atoms with Crippen molar-refractivity contribution in [1.29, 1.82) is 0 Å². The predicted molar refractivity (Wildman–Crippen MR) is 103 cm³/mol. The van der Waals surface area contributed by atoms with E-state index in [1.807, 2.05) is 11.9 Å². The Morgan fingerprint density at radius 3 is 2.57 bits per heavy atom. The Hall–Kier alpha value is -2.19. The Kier molecular flexibility index (Phi) is 5.01. The minimum Gasteiger partial charge on any atom is -0.309 e. The molecule has 0 saturated carbocycles. The summed E-state index contributed by atoms with van der Waals surface area (Å²) in [6.45, 7) is 0.871. The first-order valence-electron chi connectivity index (χ1n) is 9.19. The number of benzene rings is 1. The Balaban J connectivity index is 1.51. The zero-order valence-corrected chi connectivity index (χ0v) is 16.2. The first kappa shape index (κ1) is 19.1. The zero-order valence-electron chi connectivity index (χ0n) is 15.4. The van der Waals surface area contributed by atoms with Crippen molar-refractivity contribution in [2.45, 2.75) is 44.9 Å². The van der Waals surface area contributed by atoms with Crippen LogP contribution in [0.15, 0.2) is 29.1 Å². The van der Waals surface area contributed by atoms with E-state index in [2.05, 4.69) is 9.97 Å². The highest BCUT2D eigenvalue weighted by Crippen LogP contribution is 2.33. The van der Waals surface area contributed by atoms with Gasteiger partial charge in [-0.25, -0.2) is 4.98 Å². The van der Waals surface area contributed by atoms with Gasteiger partial charge in [-0.1, -0.05) is 12.1 Å². The van der Waals surface area contributed by atoms with Gasteiger partial charge in [0.2, 0.25) is 0 Å². The first-order valence-corrected chi connectivity index (χ1v) is 10.0. The van der Waals surface area contributed by atoms with Crippen LogP contribution in [0.4, 0.5) is 13.2 Å². The molecule has 0 unspecified atom stereocenters. The number of aromatic amines is 1. The van der Waals surface area contributed by atoms with Crippen LogP contribution in [0.2, 0.25) is 0 Å². The minimum atomic E-state index is -4.33. The fourth-order valence-electron chi connectivity index (χ4n) is 3.71. The standard InChI is InChI=1S/C20H20F3N3OS/c1-26(10-12-6-8-13(9-7-12)20(21,22)23)11-16-24-18(27)17-14-4-2-3-5-15(14)28-19(17)25-16/h6-9H,2-5,10-11H2,1H3,(H,24,25,27). The molecule has 0 radical (unpaired) electrons. The third kappa shape index (κ3) is 3.84. The maximum atomic E-state index is 12.7. The fraction of sp³-hybridized carbons (Fsp3) is 0.400. The summed E-state index contributed by atoms with van der Waals surface area (Å²) in [4.78, 5) is 24.1. The van der Waals surface area contributed by atoms with Crippen molar-refractivity contribution < 1.29 is 13.2 Å². The molecule has 0 fully saturated rings. The molecule has 3 aromatic rings. The molecule has 0 spiro atoms. The van der Waals surface area contributed by atoms with Crippen LogP contribution < -0.4 is 5.56 Å². The number of halogens is 3. The Bertz CT molecular complexity index is 1050. The summed E-state index contributed by atoms with van der Waals surface area (Å²) in [7, 11) is 1.85. The van der Waals surface area contributed by atoms with Gasteiger partial charge >= 0.3 is 6.18 Å². The van der Waals surface area contributed by atoms with E-state index in [-0.39, 0.29) is 5.56 Å². The van der Waals surface area contributed by atoms with Gasteiger partial charge < -0.3 is 4.98 Å². The third-order valence-electron chi connectivity index (χ3n) is 5.03. The average Bonchev–Trinajstić information content (AvgIpc) is 3.00. The summed E-state index contributed by atoms with van der Waals surface area (Å²) >= 11 is 1.61. The zero-order chi connectivity index (χ0) is 19.9. The van der Waals surface area contributed by atoms with Crippen LogP contribution in [0, 0.1) is 0 Å². The molecule has 1 aliphatic rings. The monoisotopic (exact) mass is 407 g/mol. The first-order chi connectivity index (χ1) is 13.3. The second-order valence-electron chi connectivity index (χ2n) is 7.27. The van der Waals surface area contributed by atoms with Gasteiger partial charge in [0.15, 0.2) is 0 Å². The largest absolute Gasteiger partial charge is 0.416 e. The van der Waals surface area contributed by atoms with E-state index in [0.29, 0.717) is 18.9 Å². The third-order valence-corrected chi connectivity index (χ3v) is 6.21. The summed E-state index contributed by atoms with van der Waals surface area (Å²) in [5, 5.41) is 0.730. The van der Waals surface area contributed by atoms with E-state index in [1.54, 1.807) is 11.3 Å². The number of fused-ring (bicyclic) bond motifs is 3. The molecule has 0 atom stereocenters. The van der Waals surface area contributed by atoms with E-state index in [4.69, 9.17) is 0 Å². The molecule has 1 aromatic carbocycles. The maximum absolute atomic E-state index is 12.7. The maximum Gasteiger partial charge on any atom is 0.416 e. The lowest BCUT2D eigenvalue weighted by Crippen LogP contribution is -2.22. The normalized spacial score (nSPS) is 14.6. The molecule has 0 aliphatic heterocycles. The summed E-state index contributed by atoms with van der Waals surface area (Å²) in [6, 6.07) is 5.13. The van der Waals surface area contributed by atoms with Crippen molar-refractivity contribution in [3.8, 4) is 0 Å². The molecule has 0 bridgehead atoms. The van der Waals surface area contributed by atoms with Crippen molar-refractivity contribution in [2.24, 2.45) is 0 Å². The van der Waals surface area contributed by atoms with Crippen molar-refractivity contribution in [3.05, 3.63) is 62.0 Å². The summed E-state index contributed by atoms with van der Waals surface area (Å²) < 4.78 is 38.0. The minimum absolute atomic E-state index is 0.0951. The number of aromatic nitrogens is 2. The molecule has 8 heteroatoms. The van der Waals surface area contributed by atoms with Gasteiger partial charge in [0.1, 0.15) is 10.7 Å². The average molecular weight is 407 g/mol. The van der Waals surface area contributed by atoms with Crippen LogP contribution >= 0.6 is 11.3 Å². The number of alkyl halides is 3. The van der Waals surface area contributed by atoms with Crippen LogP contribution in [0.1, 0.15) is 40.2 Å². The lowest BCUT2D eigenvalue weighted by molar-refractivity contribution is -0.137. The molecule has 148 valence electrons. The van der Waals surface area contributed by atoms with Gasteiger partial charge in [-0.2, -0.15) is 13.2 Å². The highest BCUT2D eigenvalue weighted by atomic mass is 32.1. The smallest absolute Gasteiger partial charge is 0.309 e. The molecule has 0 amide bonds. The van der Waals surface area contributed by atoms with Crippen LogP contribution in [-0.4, -0.2) is 21.9 Å². The topological polar surface area (TPSA) is 49.0 Å². The lowest BCUT2D eigenvalue weighted by Gasteiger charge is -2.16. The van der Waals surface area contributed by atoms with Gasteiger partial charge in [-0.15, -0.1) is 11.3 Å². The fourth-order valence-corrected chi connectivity index (χ4v) is 4.99. The second-order valence-corrected chi connectivity index (χ2v) is 8.35. The number of nitrogens with zero attached hydrogens (tertiary/aromatic N) is 2. The van der Waals surface area contributed by atoms with Gasteiger partial charge in [0, 0.05) is 11.4 Å². The highest BCUT2D eigenvalue weighted by molar-refractivity contribution is 7.18. The summed E-state index contributed by atoms with van der Waals surface area (Å²) in [5.41, 5.74) is 1.18. The van der Waals surface area contributed by atoms with Crippen LogP contribution in [-0.2, 0) is 32.1 Å². The van der Waals surface area contributed by atoms with Gasteiger partial charge in [-0.05, 0) is 56.0 Å². The quantitative estimate of drug-likeness (QED) is 0.692. The number of nitrogens with one attached hydrogen (secondary N) is 1. The van der Waals surface area contributed by atoms with Crippen LogP contribution in [0.5, 0.6) is 0 Å². The van der Waals surface area contributed by atoms with E-state index < -0.39 is 11.7 Å². The molecule has 1 aliphatic carbocycles. The van der Waals surface area contributed by atoms with E-state index in [9.17, 15) is 18.0 Å². The number of rotatable bonds is 4. The molecule has 28 heavy (non-hydrogen) atoms. The van der Waals surface area contributed by atoms with Gasteiger partial charge in [-0.3, -0.25) is 9.69 Å². The van der Waals surface area contributed by atoms with Crippen molar-refractivity contribution in [3.63, 3.8) is 0 Å². The molecule has 1 N–H and O–H groups in total. The molecule has 0 saturated heterocycles. The Morgan fingerprint density at radius 2 is 1.86 bits per heavy atom. The number of hydrogen-bond donors (Lipinski definition) is 1. The predicted octanol–water partition coefficient (Wildman–Crippen LogP) is 4.51. The molecular formula is C20H20F3N3OS. The second kappa shape index (κ2) is 7.33. The molecule has 4 nitrogen and oxygen atoms in total. The highest BCUT2D eigenvalue weighted by Gasteiger charge is 2.30. The van der Waals surface area contributed by atoms with E-state index >= 15 is 0 Å². The molecule has 2 heterocycles. The van der Waals surface area contributed by atoms with Gasteiger partial charge in [0.25, 0.3) is 5.56 Å². The lowest BCUT2D eigenvalue weighted by atomic mass is 9.97. The van der Waals surface area contributed by atoms with Crippen LogP contribution in [0.25, 0.3) is 10.2 Å². The van der Waals surface area contributed by atoms with Crippen LogP contribution in [0.3, 0.4) is 0 Å². The number of hydrogen-bond acceptors (Lipinski definition) is 4. The summed E-state index contributed by atoms with van der Waals surface area (Å²) in [5.74, 6) is 0.575. The van der Waals surface area contributed by atoms with E-state index in [0.717, 1.165) is 59.2 Å². The molecular weight excluding hydrogens is 387 g/mol. The van der Waals surface area contributed by atoms with Crippen molar-refractivity contribution in [1.82, 2.24) is 14.9 Å². The van der Waals surface area contributed by atoms with E-state index in [1.165, 1.54) is 17.0 Å². The Labute approximate surface area is 164 Å². The summed E-state index contributed by atoms with van der Waals surface area (Å²) in [6.07, 6.45) is -0.119. The molecule has 4 rings (SSSR count). The number of aryl methyl sites for hydroxylation is 2. The molecule has 2 aromatic heterocycles.